The van der Waals surface area contributed by atoms with E-state index in [1.54, 1.807) is 7.05 Å². The van der Waals surface area contributed by atoms with Gasteiger partial charge in [-0.15, -0.1) is 0 Å². The van der Waals surface area contributed by atoms with Crippen molar-refractivity contribution in [3.05, 3.63) is 26.6 Å². The molecule has 2 unspecified atom stereocenters. The van der Waals surface area contributed by atoms with Gasteiger partial charge in [0.25, 0.3) is 11.5 Å². The van der Waals surface area contributed by atoms with Crippen LogP contribution in [0.5, 0.6) is 0 Å². The molecule has 2 aromatic rings. The van der Waals surface area contributed by atoms with Crippen molar-refractivity contribution < 1.29 is 4.79 Å². The number of rotatable bonds is 7. The molecule has 0 bridgehead atoms. The Morgan fingerprint density at radius 1 is 1.31 bits per heavy atom. The van der Waals surface area contributed by atoms with Crippen LogP contribution in [0.15, 0.2) is 4.79 Å². The average molecular weight is 447 g/mol. The molecule has 0 spiro atoms. The van der Waals surface area contributed by atoms with Crippen molar-refractivity contribution in [2.45, 2.75) is 43.9 Å². The number of nitrogens with one attached hydrogen (secondary N) is 1. The lowest BCUT2D eigenvalue weighted by atomic mass is 9.91. The first-order chi connectivity index (χ1) is 12.3. The van der Waals surface area contributed by atoms with Crippen molar-refractivity contribution in [1.82, 2.24) is 30.0 Å². The summed E-state index contributed by atoms with van der Waals surface area (Å²) in [5.41, 5.74) is 0.0453. The Hall–Kier alpha value is -1.81. The summed E-state index contributed by atoms with van der Waals surface area (Å²) < 4.78 is 2.44. The third-order valence-electron chi connectivity index (χ3n) is 4.09. The molecule has 142 valence electrons. The lowest BCUT2D eigenvalue weighted by Crippen LogP contribution is -2.32. The molecule has 2 rings (SSSR count). The smallest absolute Gasteiger partial charge is 0.280 e. The monoisotopic (exact) mass is 445 g/mol. The summed E-state index contributed by atoms with van der Waals surface area (Å²) in [6, 6.07) is 0. The third-order valence-corrected chi connectivity index (χ3v) is 5.57. The fraction of sp³-hybridized carbons (Fsp3) is 0.600. The molecule has 11 heteroatoms. The number of aromatic nitrogens is 6. The molecule has 0 fully saturated rings. The van der Waals surface area contributed by atoms with Crippen molar-refractivity contribution >= 4 is 39.4 Å². The molecule has 0 saturated carbocycles. The van der Waals surface area contributed by atoms with Crippen LogP contribution in [0, 0.1) is 0 Å². The Morgan fingerprint density at radius 3 is 2.54 bits per heavy atom. The zero-order chi connectivity index (χ0) is 19.4. The van der Waals surface area contributed by atoms with Crippen molar-refractivity contribution in [3.8, 4) is 0 Å². The molecule has 0 aromatic carbocycles. The van der Waals surface area contributed by atoms with Gasteiger partial charge in [0.1, 0.15) is 0 Å². The maximum atomic E-state index is 12.7. The number of nitrogens with zero attached hydrogens (tertiary/aromatic N) is 6. The van der Waals surface area contributed by atoms with Crippen molar-refractivity contribution in [1.29, 1.82) is 0 Å². The number of tetrazole rings is 1. The van der Waals surface area contributed by atoms with Crippen LogP contribution >= 0.6 is 27.5 Å². The van der Waals surface area contributed by atoms with Crippen molar-refractivity contribution in [2.75, 3.05) is 5.32 Å². The summed E-state index contributed by atoms with van der Waals surface area (Å²) in [5, 5.41) is 17.4. The molecule has 2 heterocycles. The van der Waals surface area contributed by atoms with E-state index < -0.39 is 5.91 Å². The number of halogens is 2. The standard InChI is InChI=1S/C15H21BrClN7O2/c1-5-7-9(16)8(6-2)10-11(17)12(20-23(3)14(10)26)13(25)18-15-19-21-22-24(15)4/h8-9H,5-7H2,1-4H3,(H,18,19,22,25). The maximum Gasteiger partial charge on any atom is 0.280 e. The predicted molar refractivity (Wildman–Crippen MR) is 102 cm³/mol. The Labute approximate surface area is 164 Å². The van der Waals surface area contributed by atoms with Crippen LogP contribution in [0.1, 0.15) is 55.1 Å². The van der Waals surface area contributed by atoms with Crippen LogP contribution in [0.3, 0.4) is 0 Å². The van der Waals surface area contributed by atoms with E-state index >= 15 is 0 Å². The quantitative estimate of drug-likeness (QED) is 0.654. The summed E-state index contributed by atoms with van der Waals surface area (Å²) in [6.07, 6.45) is 2.54. The molecule has 9 nitrogen and oxygen atoms in total. The molecule has 0 aliphatic rings. The highest BCUT2D eigenvalue weighted by atomic mass is 79.9. The number of hydrogen-bond donors (Lipinski definition) is 1. The van der Waals surface area contributed by atoms with Gasteiger partial charge in [0.2, 0.25) is 5.95 Å². The molecule has 0 radical (unpaired) electrons. The van der Waals surface area contributed by atoms with Gasteiger partial charge in [0.05, 0.1) is 5.02 Å². The summed E-state index contributed by atoms with van der Waals surface area (Å²) >= 11 is 10.1. The van der Waals surface area contributed by atoms with Crippen molar-refractivity contribution in [3.63, 3.8) is 0 Å². The van der Waals surface area contributed by atoms with Crippen LogP contribution in [-0.4, -0.2) is 40.7 Å². The summed E-state index contributed by atoms with van der Waals surface area (Å²) in [5.74, 6) is -0.562. The largest absolute Gasteiger partial charge is 0.288 e. The molecule has 1 amide bonds. The minimum absolute atomic E-state index is 0.0404. The molecule has 2 atom stereocenters. The van der Waals surface area contributed by atoms with Crippen LogP contribution < -0.4 is 10.9 Å². The second kappa shape index (κ2) is 8.72. The number of anilines is 1. The molecule has 26 heavy (non-hydrogen) atoms. The van der Waals surface area contributed by atoms with Crippen LogP contribution in [0.2, 0.25) is 5.02 Å². The lowest BCUT2D eigenvalue weighted by Gasteiger charge is -2.22. The average Bonchev–Trinajstić information content (AvgIpc) is 2.99. The summed E-state index contributed by atoms with van der Waals surface area (Å²) in [6.45, 7) is 4.05. The zero-order valence-electron chi connectivity index (χ0n) is 15.0. The Balaban J connectivity index is 2.49. The van der Waals surface area contributed by atoms with Crippen LogP contribution in [-0.2, 0) is 14.1 Å². The normalized spacial score (nSPS) is 13.5. The number of amides is 1. The molecule has 0 saturated heterocycles. The van der Waals surface area contributed by atoms with E-state index in [1.165, 1.54) is 11.7 Å². The first kappa shape index (κ1) is 20.5. The van der Waals surface area contributed by atoms with Gasteiger partial charge in [-0.25, -0.2) is 9.36 Å². The molecular weight excluding hydrogens is 426 g/mol. The van der Waals surface area contributed by atoms with E-state index in [-0.39, 0.29) is 33.0 Å². The van der Waals surface area contributed by atoms with E-state index in [9.17, 15) is 9.59 Å². The van der Waals surface area contributed by atoms with E-state index in [2.05, 4.69) is 48.8 Å². The first-order valence-corrected chi connectivity index (χ1v) is 9.55. The SMILES string of the molecule is CCCC(Br)C(CC)c1c(Cl)c(C(=O)Nc2nnnn2C)nn(C)c1=O. The number of carbonyl (C=O) groups excluding carboxylic acids is 1. The highest BCUT2D eigenvalue weighted by Crippen LogP contribution is 2.34. The van der Waals surface area contributed by atoms with Crippen molar-refractivity contribution in [2.24, 2.45) is 14.1 Å². The summed E-state index contributed by atoms with van der Waals surface area (Å²) in [4.78, 5) is 25.4. The van der Waals surface area contributed by atoms with Gasteiger partial charge in [-0.05, 0) is 23.3 Å². The van der Waals surface area contributed by atoms with E-state index in [0.717, 1.165) is 17.5 Å². The van der Waals surface area contributed by atoms with E-state index in [0.29, 0.717) is 12.0 Å². The topological polar surface area (TPSA) is 108 Å². The predicted octanol–water partition coefficient (Wildman–Crippen LogP) is 2.27. The van der Waals surface area contributed by atoms with Gasteiger partial charge < -0.3 is 0 Å². The number of hydrogen-bond acceptors (Lipinski definition) is 6. The zero-order valence-corrected chi connectivity index (χ0v) is 17.4. The van der Waals surface area contributed by atoms with Crippen LogP contribution in [0.4, 0.5) is 5.95 Å². The molecular formula is C15H21BrClN7O2. The minimum Gasteiger partial charge on any atom is -0.288 e. The highest BCUT2D eigenvalue weighted by molar-refractivity contribution is 9.09. The van der Waals surface area contributed by atoms with Gasteiger partial charge in [-0.2, -0.15) is 5.10 Å². The highest BCUT2D eigenvalue weighted by Gasteiger charge is 2.29. The fourth-order valence-electron chi connectivity index (χ4n) is 2.72. The third kappa shape index (κ3) is 4.12. The second-order valence-corrected chi connectivity index (χ2v) is 7.46. The lowest BCUT2D eigenvalue weighted by molar-refractivity contribution is 0.101. The molecule has 2 aromatic heterocycles. The first-order valence-electron chi connectivity index (χ1n) is 8.26. The molecule has 0 aliphatic heterocycles. The maximum absolute atomic E-state index is 12.7. The summed E-state index contributed by atoms with van der Waals surface area (Å²) in [7, 11) is 3.09. The molecule has 0 aliphatic carbocycles. The second-order valence-electron chi connectivity index (χ2n) is 5.90. The van der Waals surface area contributed by atoms with Crippen LogP contribution in [0.25, 0.3) is 0 Å². The minimum atomic E-state index is -0.582. The Kier molecular flexibility index (Phi) is 6.87. The van der Waals surface area contributed by atoms with E-state index in [1.807, 2.05) is 6.92 Å². The number of carbonyl (C=O) groups is 1. The van der Waals surface area contributed by atoms with Gasteiger partial charge >= 0.3 is 0 Å². The fourth-order valence-corrected chi connectivity index (χ4v) is 4.16. The number of alkyl halides is 1. The Bertz CT molecular complexity index is 851. The van der Waals surface area contributed by atoms with E-state index in [4.69, 9.17) is 11.6 Å². The Morgan fingerprint density at radius 2 is 2.00 bits per heavy atom. The molecule has 1 N–H and O–H groups in total. The van der Waals surface area contributed by atoms with Gasteiger partial charge in [-0.3, -0.25) is 14.9 Å². The number of aryl methyl sites for hydroxylation is 2. The van der Waals surface area contributed by atoms with Gasteiger partial charge in [-0.1, -0.05) is 52.9 Å². The van der Waals surface area contributed by atoms with Gasteiger partial charge in [0, 0.05) is 30.4 Å². The van der Waals surface area contributed by atoms with Gasteiger partial charge in [0.15, 0.2) is 5.69 Å².